The van der Waals surface area contributed by atoms with Crippen LogP contribution in [0.1, 0.15) is 16.7 Å². The van der Waals surface area contributed by atoms with Gasteiger partial charge < -0.3 is 9.47 Å². The molecule has 1 N–H and O–H groups in total. The minimum atomic E-state index is 0.656. The summed E-state index contributed by atoms with van der Waals surface area (Å²) in [6.07, 6.45) is 3.52. The van der Waals surface area contributed by atoms with Crippen molar-refractivity contribution in [3.05, 3.63) is 83.7 Å². The van der Waals surface area contributed by atoms with Gasteiger partial charge in [0.2, 0.25) is 0 Å². The van der Waals surface area contributed by atoms with E-state index in [1.54, 1.807) is 26.6 Å². The van der Waals surface area contributed by atoms with Crippen LogP contribution in [0.4, 0.5) is 5.69 Å². The molecule has 0 saturated heterocycles. The number of hydrogen-bond acceptors (Lipinski definition) is 6. The second kappa shape index (κ2) is 7.29. The molecule has 4 rings (SSSR count). The fraction of sp³-hybridized carbons (Fsp3) is 0.0952. The first kappa shape index (κ1) is 16.8. The summed E-state index contributed by atoms with van der Waals surface area (Å²) < 4.78 is 10.6. The highest BCUT2D eigenvalue weighted by atomic mass is 16.5. The Bertz CT molecular complexity index is 1010. The number of hydrazone groups is 1. The van der Waals surface area contributed by atoms with Gasteiger partial charge in [0.25, 0.3) is 0 Å². The Balaban J connectivity index is 1.83. The zero-order valence-electron chi connectivity index (χ0n) is 15.0. The normalized spacial score (nSPS) is 12.8. The summed E-state index contributed by atoms with van der Waals surface area (Å²) in [5.41, 5.74) is 7.33. The minimum Gasteiger partial charge on any atom is -0.497 e. The van der Waals surface area contributed by atoms with E-state index < -0.39 is 0 Å². The van der Waals surface area contributed by atoms with Gasteiger partial charge in [-0.05, 0) is 54.6 Å². The van der Waals surface area contributed by atoms with Gasteiger partial charge in [0.15, 0.2) is 5.84 Å². The first-order valence-electron chi connectivity index (χ1n) is 8.44. The number of ether oxygens (including phenoxy) is 2. The summed E-state index contributed by atoms with van der Waals surface area (Å²) in [6, 6.07) is 17.3. The lowest BCUT2D eigenvalue weighted by molar-refractivity contribution is 0.414. The van der Waals surface area contributed by atoms with Gasteiger partial charge in [-0.25, -0.2) is 4.99 Å². The molecule has 134 valence electrons. The molecule has 2 aromatic carbocycles. The maximum absolute atomic E-state index is 5.39. The Hall–Kier alpha value is -3.67. The number of fused-ring (bicyclic) bond motifs is 1. The van der Waals surface area contributed by atoms with Gasteiger partial charge in [0.05, 0.1) is 19.9 Å². The zero-order chi connectivity index (χ0) is 18.6. The van der Waals surface area contributed by atoms with E-state index in [-0.39, 0.29) is 0 Å². The predicted molar refractivity (Wildman–Crippen MR) is 105 cm³/mol. The monoisotopic (exact) mass is 358 g/mol. The van der Waals surface area contributed by atoms with Gasteiger partial charge >= 0.3 is 0 Å². The third-order valence-electron chi connectivity index (χ3n) is 4.26. The predicted octanol–water partition coefficient (Wildman–Crippen LogP) is 3.53. The quantitative estimate of drug-likeness (QED) is 0.775. The molecule has 0 aliphatic carbocycles. The second-order valence-electron chi connectivity index (χ2n) is 5.89. The molecule has 1 aliphatic rings. The molecule has 0 saturated carbocycles. The smallest absolute Gasteiger partial charge is 0.154 e. The molecule has 27 heavy (non-hydrogen) atoms. The van der Waals surface area contributed by atoms with Crippen molar-refractivity contribution < 1.29 is 9.47 Å². The Morgan fingerprint density at radius 3 is 2.33 bits per heavy atom. The number of nitrogens with zero attached hydrogens (tertiary/aromatic N) is 3. The maximum atomic E-state index is 5.39. The van der Waals surface area contributed by atoms with Gasteiger partial charge in [0.1, 0.15) is 17.2 Å². The lowest BCUT2D eigenvalue weighted by Gasteiger charge is -2.09. The third-order valence-corrected chi connectivity index (χ3v) is 4.26. The lowest BCUT2D eigenvalue weighted by atomic mass is 10.0. The largest absolute Gasteiger partial charge is 0.497 e. The van der Waals surface area contributed by atoms with E-state index in [1.165, 1.54) is 0 Å². The molecule has 0 bridgehead atoms. The highest BCUT2D eigenvalue weighted by Crippen LogP contribution is 2.29. The van der Waals surface area contributed by atoms with E-state index in [4.69, 9.17) is 14.5 Å². The summed E-state index contributed by atoms with van der Waals surface area (Å²) in [6.45, 7) is 0. The molecule has 0 radical (unpaired) electrons. The van der Waals surface area contributed by atoms with Crippen molar-refractivity contribution >= 4 is 17.2 Å². The summed E-state index contributed by atoms with van der Waals surface area (Å²) in [4.78, 5) is 9.00. The number of aliphatic imine (C=N–C) groups is 1. The number of benzene rings is 2. The summed E-state index contributed by atoms with van der Waals surface area (Å²) in [5.74, 6) is 2.19. The fourth-order valence-corrected chi connectivity index (χ4v) is 2.84. The standard InChI is InChI=1S/C21H18N4O2/c1-26-16-7-5-14(6-8-16)21-23-19-10-9-17(27-2)12-18(19)20(24-25-21)15-4-3-11-22-13-15/h3-13H,1-2H3,(H,23,25). The Kier molecular flexibility index (Phi) is 4.53. The molecule has 1 aliphatic heterocycles. The minimum absolute atomic E-state index is 0.656. The molecular weight excluding hydrogens is 340 g/mol. The van der Waals surface area contributed by atoms with Crippen molar-refractivity contribution in [2.75, 3.05) is 14.2 Å². The molecule has 0 amide bonds. The molecule has 0 atom stereocenters. The zero-order valence-corrected chi connectivity index (χ0v) is 15.0. The number of aromatic nitrogens is 1. The molecule has 1 aromatic heterocycles. The average molecular weight is 358 g/mol. The van der Waals surface area contributed by atoms with Gasteiger partial charge in [-0.2, -0.15) is 5.10 Å². The number of pyridine rings is 1. The van der Waals surface area contributed by atoms with E-state index in [0.29, 0.717) is 5.84 Å². The highest BCUT2D eigenvalue weighted by molar-refractivity contribution is 6.18. The van der Waals surface area contributed by atoms with Gasteiger partial charge in [-0.1, -0.05) is 0 Å². The van der Waals surface area contributed by atoms with Crippen LogP contribution in [0, 0.1) is 0 Å². The average Bonchev–Trinajstić information content (AvgIpc) is 2.93. The second-order valence-corrected chi connectivity index (χ2v) is 5.89. The van der Waals surface area contributed by atoms with E-state index in [2.05, 4.69) is 15.5 Å². The molecule has 2 heterocycles. The number of amidine groups is 1. The van der Waals surface area contributed by atoms with E-state index in [9.17, 15) is 0 Å². The Morgan fingerprint density at radius 2 is 1.63 bits per heavy atom. The SMILES string of the molecule is COc1ccc(C2=Nc3ccc(OC)cc3C(c3cccnc3)=NN2)cc1. The van der Waals surface area contributed by atoms with Crippen LogP contribution in [0.2, 0.25) is 0 Å². The van der Waals surface area contributed by atoms with Crippen molar-refractivity contribution in [3.8, 4) is 11.5 Å². The fourth-order valence-electron chi connectivity index (χ4n) is 2.84. The number of methoxy groups -OCH3 is 2. The molecule has 6 heteroatoms. The number of rotatable bonds is 4. The summed E-state index contributed by atoms with van der Waals surface area (Å²) >= 11 is 0. The Morgan fingerprint density at radius 1 is 0.852 bits per heavy atom. The number of hydrogen-bond donors (Lipinski definition) is 1. The summed E-state index contributed by atoms with van der Waals surface area (Å²) in [5, 5.41) is 4.62. The van der Waals surface area contributed by atoms with E-state index >= 15 is 0 Å². The molecule has 3 aromatic rings. The first-order valence-corrected chi connectivity index (χ1v) is 8.44. The third kappa shape index (κ3) is 3.37. The van der Waals surface area contributed by atoms with Crippen LogP contribution in [0.3, 0.4) is 0 Å². The maximum Gasteiger partial charge on any atom is 0.154 e. The highest BCUT2D eigenvalue weighted by Gasteiger charge is 2.18. The van der Waals surface area contributed by atoms with Crippen LogP contribution in [-0.4, -0.2) is 30.8 Å². The molecular formula is C21H18N4O2. The molecule has 0 fully saturated rings. The topological polar surface area (TPSA) is 68.1 Å². The van der Waals surface area contributed by atoms with Crippen molar-refractivity contribution in [1.82, 2.24) is 10.4 Å². The first-order chi connectivity index (χ1) is 13.3. The van der Waals surface area contributed by atoms with Gasteiger partial charge in [-0.3, -0.25) is 10.4 Å². The summed E-state index contributed by atoms with van der Waals surface area (Å²) in [7, 11) is 3.29. The van der Waals surface area contributed by atoms with E-state index in [1.807, 2.05) is 54.6 Å². The van der Waals surface area contributed by atoms with Crippen molar-refractivity contribution in [1.29, 1.82) is 0 Å². The van der Waals surface area contributed by atoms with Crippen molar-refractivity contribution in [3.63, 3.8) is 0 Å². The van der Waals surface area contributed by atoms with Gasteiger partial charge in [0, 0.05) is 29.1 Å². The molecule has 6 nitrogen and oxygen atoms in total. The lowest BCUT2D eigenvalue weighted by Crippen LogP contribution is -2.19. The molecule has 0 unspecified atom stereocenters. The van der Waals surface area contributed by atoms with Crippen LogP contribution in [0.25, 0.3) is 0 Å². The molecule has 0 spiro atoms. The van der Waals surface area contributed by atoms with Crippen LogP contribution in [-0.2, 0) is 0 Å². The van der Waals surface area contributed by atoms with E-state index in [0.717, 1.165) is 39.6 Å². The van der Waals surface area contributed by atoms with Crippen LogP contribution < -0.4 is 14.9 Å². The van der Waals surface area contributed by atoms with Crippen LogP contribution >= 0.6 is 0 Å². The van der Waals surface area contributed by atoms with Gasteiger partial charge in [-0.15, -0.1) is 0 Å². The van der Waals surface area contributed by atoms with Crippen molar-refractivity contribution in [2.45, 2.75) is 0 Å². The van der Waals surface area contributed by atoms with Crippen LogP contribution in [0.15, 0.2) is 77.1 Å². The Labute approximate surface area is 157 Å². The number of nitrogens with one attached hydrogen (secondary N) is 1. The van der Waals surface area contributed by atoms with Crippen LogP contribution in [0.5, 0.6) is 11.5 Å². The van der Waals surface area contributed by atoms with Crippen molar-refractivity contribution in [2.24, 2.45) is 10.1 Å².